The lowest BCUT2D eigenvalue weighted by molar-refractivity contribution is -0.152. The van der Waals surface area contributed by atoms with Gasteiger partial charge in [0, 0.05) is 30.9 Å². The molecule has 8 heteroatoms. The second kappa shape index (κ2) is 10.3. The summed E-state index contributed by atoms with van der Waals surface area (Å²) in [6.07, 6.45) is 10.5. The topological polar surface area (TPSA) is 82.2 Å². The van der Waals surface area contributed by atoms with Gasteiger partial charge >= 0.3 is 12.0 Å². The van der Waals surface area contributed by atoms with E-state index in [9.17, 15) is 14.4 Å². The largest absolute Gasteiger partial charge is 0.469 e. The van der Waals surface area contributed by atoms with Crippen LogP contribution in [0.15, 0.2) is 24.4 Å². The molecule has 2 aliphatic heterocycles. The van der Waals surface area contributed by atoms with E-state index in [1.807, 2.05) is 30.1 Å². The molecular weight excluding hydrogens is 444 g/mol. The van der Waals surface area contributed by atoms with Gasteiger partial charge in [-0.2, -0.15) is 0 Å². The average Bonchev–Trinajstić information content (AvgIpc) is 3.16. The van der Waals surface area contributed by atoms with Crippen LogP contribution in [0.25, 0.3) is 0 Å². The van der Waals surface area contributed by atoms with Crippen LogP contribution in [0.3, 0.4) is 0 Å². The summed E-state index contributed by atoms with van der Waals surface area (Å²) < 4.78 is 5.14. The summed E-state index contributed by atoms with van der Waals surface area (Å²) >= 11 is 0. The number of nitrogens with one attached hydrogen (secondary N) is 1. The Balaban J connectivity index is 1.72. The Hall–Kier alpha value is -2.35. The third kappa shape index (κ3) is 5.27. The number of ether oxygens (including phenoxy) is 1. The number of amides is 3. The molecule has 2 heterocycles. The van der Waals surface area contributed by atoms with Crippen molar-refractivity contribution in [3.05, 3.63) is 24.4 Å². The van der Waals surface area contributed by atoms with Crippen molar-refractivity contribution in [2.45, 2.75) is 96.9 Å². The third-order valence-electron chi connectivity index (χ3n) is 8.62. The maximum absolute atomic E-state index is 13.5. The fraction of sp³-hybridized carbons (Fsp3) is 0.741. The van der Waals surface area contributed by atoms with E-state index >= 15 is 0 Å². The van der Waals surface area contributed by atoms with Crippen LogP contribution in [0.4, 0.5) is 4.79 Å². The first-order chi connectivity index (χ1) is 16.3. The summed E-state index contributed by atoms with van der Waals surface area (Å²) in [5.74, 6) is -0.733. The summed E-state index contributed by atoms with van der Waals surface area (Å²) in [4.78, 5) is 45.3. The van der Waals surface area contributed by atoms with E-state index in [-0.39, 0.29) is 41.3 Å². The number of hydrogen-bond acceptors (Lipinski definition) is 5. The van der Waals surface area contributed by atoms with Crippen molar-refractivity contribution in [1.29, 1.82) is 0 Å². The second-order valence-electron chi connectivity index (χ2n) is 11.7. The summed E-state index contributed by atoms with van der Waals surface area (Å²) in [5.41, 5.74) is -0.725. The number of urea groups is 1. The zero-order valence-corrected chi connectivity index (χ0v) is 22.7. The number of carbonyl (C=O) groups is 3. The van der Waals surface area contributed by atoms with Gasteiger partial charge in [0.25, 0.3) is 0 Å². The molecule has 0 aromatic heterocycles. The fourth-order valence-electron chi connectivity index (χ4n) is 5.59. The Kier molecular flexibility index (Phi) is 8.04. The molecule has 0 spiro atoms. The second-order valence-corrected chi connectivity index (χ2v) is 11.7. The van der Waals surface area contributed by atoms with Crippen LogP contribution in [0.5, 0.6) is 0 Å². The van der Waals surface area contributed by atoms with E-state index in [0.717, 1.165) is 12.8 Å². The van der Waals surface area contributed by atoms with Crippen LogP contribution >= 0.6 is 0 Å². The lowest BCUT2D eigenvalue weighted by Gasteiger charge is -2.48. The molecule has 35 heavy (non-hydrogen) atoms. The lowest BCUT2D eigenvalue weighted by Crippen LogP contribution is -2.59. The number of allylic oxidation sites excluding steroid dienone is 2. The van der Waals surface area contributed by atoms with Crippen LogP contribution in [0.2, 0.25) is 0 Å². The Morgan fingerprint density at radius 1 is 1.20 bits per heavy atom. The predicted octanol–water partition coefficient (Wildman–Crippen LogP) is 3.54. The number of carbonyl (C=O) groups excluding carboxylic acids is 3. The number of esters is 1. The minimum Gasteiger partial charge on any atom is -0.469 e. The zero-order valence-electron chi connectivity index (χ0n) is 22.7. The Morgan fingerprint density at radius 2 is 1.89 bits per heavy atom. The van der Waals surface area contributed by atoms with Gasteiger partial charge in [-0.3, -0.25) is 14.5 Å². The molecule has 3 aliphatic rings. The lowest BCUT2D eigenvalue weighted by atomic mass is 9.73. The van der Waals surface area contributed by atoms with Crippen molar-refractivity contribution in [1.82, 2.24) is 20.0 Å². The van der Waals surface area contributed by atoms with E-state index in [2.05, 4.69) is 51.9 Å². The van der Waals surface area contributed by atoms with Gasteiger partial charge in [0.15, 0.2) is 0 Å². The Bertz CT molecular complexity index is 877. The van der Waals surface area contributed by atoms with Crippen molar-refractivity contribution in [3.63, 3.8) is 0 Å². The molecule has 1 N–H and O–H groups in total. The molecule has 1 saturated heterocycles. The fourth-order valence-corrected chi connectivity index (χ4v) is 5.59. The van der Waals surface area contributed by atoms with Gasteiger partial charge in [0.1, 0.15) is 6.04 Å². The quantitative estimate of drug-likeness (QED) is 0.599. The molecule has 3 amide bonds. The van der Waals surface area contributed by atoms with E-state index in [0.29, 0.717) is 25.4 Å². The van der Waals surface area contributed by atoms with E-state index in [1.165, 1.54) is 7.11 Å². The standard InChI is InChI=1S/C27H44N4O4/c1-18(2)29(7)19-11-12-22(20(17-19)24(33)35-8)30-16-13-21(23(30)32)28-25(34)31-15-10-9-14-27(31,6)26(3,4)5/h9-10,14-15,18-22H,11-13,16-17H2,1-8H3,(H,28,34)/t19?,20?,21-,22?,27?/m0/s1. The van der Waals surface area contributed by atoms with Crippen LogP contribution in [-0.4, -0.2) is 83.0 Å². The first-order valence-electron chi connectivity index (χ1n) is 12.9. The van der Waals surface area contributed by atoms with E-state index in [4.69, 9.17) is 4.74 Å². The number of nitrogens with zero attached hydrogens (tertiary/aromatic N) is 3. The maximum atomic E-state index is 13.5. The SMILES string of the molecule is COC(=O)C1CC(N(C)C(C)C)CCC1N1CC[C@H](NC(=O)N2C=CC=CC2(C)C(C)(C)C)C1=O. The van der Waals surface area contributed by atoms with Crippen LogP contribution in [0.1, 0.15) is 67.2 Å². The monoisotopic (exact) mass is 488 g/mol. The molecule has 4 unspecified atom stereocenters. The van der Waals surface area contributed by atoms with E-state index in [1.54, 1.807) is 11.1 Å². The van der Waals surface area contributed by atoms with Crippen LogP contribution in [-0.2, 0) is 14.3 Å². The highest BCUT2D eigenvalue weighted by atomic mass is 16.5. The summed E-state index contributed by atoms with van der Waals surface area (Å²) in [7, 11) is 3.50. The van der Waals surface area contributed by atoms with Crippen molar-refractivity contribution < 1.29 is 19.1 Å². The van der Waals surface area contributed by atoms with Crippen LogP contribution < -0.4 is 5.32 Å². The van der Waals surface area contributed by atoms with E-state index < -0.39 is 11.6 Å². The molecular formula is C27H44N4O4. The minimum atomic E-state index is -0.597. The van der Waals surface area contributed by atoms with Crippen molar-refractivity contribution in [3.8, 4) is 0 Å². The smallest absolute Gasteiger partial charge is 0.322 e. The van der Waals surface area contributed by atoms with Crippen molar-refractivity contribution in [2.24, 2.45) is 11.3 Å². The molecule has 0 aromatic carbocycles. The molecule has 0 radical (unpaired) electrons. The molecule has 1 saturated carbocycles. The van der Waals surface area contributed by atoms with Gasteiger partial charge in [0.05, 0.1) is 18.6 Å². The first kappa shape index (κ1) is 27.2. The highest BCUT2D eigenvalue weighted by Crippen LogP contribution is 2.39. The Morgan fingerprint density at radius 3 is 2.49 bits per heavy atom. The molecule has 5 atom stereocenters. The molecule has 2 fully saturated rings. The van der Waals surface area contributed by atoms with Gasteiger partial charge in [-0.25, -0.2) is 4.79 Å². The Labute approximate surface area is 210 Å². The number of methoxy groups -OCH3 is 1. The van der Waals surface area contributed by atoms with Gasteiger partial charge in [-0.1, -0.05) is 32.9 Å². The zero-order chi connectivity index (χ0) is 26.1. The van der Waals surface area contributed by atoms with Gasteiger partial charge < -0.3 is 19.9 Å². The number of hydrogen-bond donors (Lipinski definition) is 1. The van der Waals surface area contributed by atoms with Gasteiger partial charge in [0.2, 0.25) is 5.91 Å². The summed E-state index contributed by atoms with van der Waals surface area (Å²) in [5, 5.41) is 2.98. The van der Waals surface area contributed by atoms with Gasteiger partial charge in [-0.05, 0) is 65.0 Å². The average molecular weight is 489 g/mol. The molecule has 3 rings (SSSR count). The third-order valence-corrected chi connectivity index (χ3v) is 8.62. The first-order valence-corrected chi connectivity index (χ1v) is 12.9. The van der Waals surface area contributed by atoms with Crippen molar-refractivity contribution >= 4 is 17.9 Å². The molecule has 0 bridgehead atoms. The minimum absolute atomic E-state index is 0.109. The summed E-state index contributed by atoms with van der Waals surface area (Å²) in [6, 6.07) is -0.431. The van der Waals surface area contributed by atoms with Crippen molar-refractivity contribution in [2.75, 3.05) is 20.7 Å². The van der Waals surface area contributed by atoms with Gasteiger partial charge in [-0.15, -0.1) is 0 Å². The number of rotatable bonds is 5. The molecule has 1 aliphatic carbocycles. The predicted molar refractivity (Wildman–Crippen MR) is 136 cm³/mol. The maximum Gasteiger partial charge on any atom is 0.322 e. The number of likely N-dealkylation sites (tertiary alicyclic amines) is 1. The normalized spacial score (nSPS) is 31.4. The highest BCUT2D eigenvalue weighted by Gasteiger charge is 2.47. The van der Waals surface area contributed by atoms with Crippen LogP contribution in [0, 0.1) is 11.3 Å². The molecule has 8 nitrogen and oxygen atoms in total. The summed E-state index contributed by atoms with van der Waals surface area (Å²) in [6.45, 7) is 13.1. The molecule has 0 aromatic rings. The molecule has 196 valence electrons. The highest BCUT2D eigenvalue weighted by molar-refractivity contribution is 5.90.